The van der Waals surface area contributed by atoms with Crippen molar-refractivity contribution < 1.29 is 8.42 Å². The maximum atomic E-state index is 11.6. The summed E-state index contributed by atoms with van der Waals surface area (Å²) in [5, 5.41) is 11.9. The number of aromatic amines is 1. The number of primary sulfonamides is 1. The molecule has 0 atom stereocenters. The van der Waals surface area contributed by atoms with Gasteiger partial charge < -0.3 is 5.73 Å². The number of nitrogens with zero attached hydrogens (tertiary/aromatic N) is 2. The molecular formula is C11H15N5O3S2. The summed E-state index contributed by atoms with van der Waals surface area (Å²) in [5.74, 6) is 0. The molecule has 10 heteroatoms. The lowest BCUT2D eigenvalue weighted by molar-refractivity contribution is 0.597. The summed E-state index contributed by atoms with van der Waals surface area (Å²) in [4.78, 5) is 12.1. The van der Waals surface area contributed by atoms with Gasteiger partial charge in [-0.1, -0.05) is 0 Å². The van der Waals surface area contributed by atoms with Gasteiger partial charge in [0.15, 0.2) is 5.16 Å². The summed E-state index contributed by atoms with van der Waals surface area (Å²) in [6.07, 6.45) is 0. The van der Waals surface area contributed by atoms with Gasteiger partial charge in [0, 0.05) is 17.1 Å². The highest BCUT2D eigenvalue weighted by Gasteiger charge is 2.18. The Balaban J connectivity index is 2.55. The molecule has 0 saturated carbocycles. The predicted octanol–water partition coefficient (Wildman–Crippen LogP) is 0.281. The van der Waals surface area contributed by atoms with Crippen LogP contribution in [-0.2, 0) is 16.6 Å². The van der Waals surface area contributed by atoms with E-state index in [9.17, 15) is 13.2 Å². The topological polar surface area (TPSA) is 137 Å². The summed E-state index contributed by atoms with van der Waals surface area (Å²) in [6, 6.07) is 2.93. The molecule has 1 heterocycles. The third kappa shape index (κ3) is 3.12. The number of H-pyrrole nitrogens is 1. The molecule has 0 bridgehead atoms. The van der Waals surface area contributed by atoms with Crippen LogP contribution in [0.2, 0.25) is 0 Å². The number of nitrogens with one attached hydrogen (secondary N) is 1. The number of nitrogen functional groups attached to an aromatic ring is 1. The van der Waals surface area contributed by atoms with Crippen LogP contribution in [0.3, 0.4) is 0 Å². The molecule has 2 rings (SSSR count). The molecule has 8 nitrogen and oxygen atoms in total. The Morgan fingerprint density at radius 1 is 1.43 bits per heavy atom. The molecule has 0 aliphatic heterocycles. The second-order valence-corrected chi connectivity index (χ2v) is 6.88. The van der Waals surface area contributed by atoms with Crippen LogP contribution in [0.4, 0.5) is 5.69 Å². The number of anilines is 1. The number of hydrogen-bond donors (Lipinski definition) is 3. The monoisotopic (exact) mass is 329 g/mol. The van der Waals surface area contributed by atoms with E-state index in [1.54, 1.807) is 13.0 Å². The van der Waals surface area contributed by atoms with Gasteiger partial charge in [-0.15, -0.1) is 5.10 Å². The first-order valence-electron chi connectivity index (χ1n) is 6.00. The Bertz CT molecular complexity index is 838. The quantitative estimate of drug-likeness (QED) is 0.689. The molecule has 1 aromatic heterocycles. The fraction of sp³-hybridized carbons (Fsp3) is 0.273. The minimum absolute atomic E-state index is 0.0362. The van der Waals surface area contributed by atoms with Gasteiger partial charge in [-0.3, -0.25) is 4.57 Å². The van der Waals surface area contributed by atoms with E-state index < -0.39 is 10.0 Å². The molecule has 21 heavy (non-hydrogen) atoms. The van der Waals surface area contributed by atoms with Crippen molar-refractivity contribution in [1.82, 2.24) is 14.8 Å². The average Bonchev–Trinajstić information content (AvgIpc) is 2.72. The van der Waals surface area contributed by atoms with Crippen molar-refractivity contribution in [2.45, 2.75) is 35.3 Å². The van der Waals surface area contributed by atoms with Gasteiger partial charge >= 0.3 is 5.69 Å². The van der Waals surface area contributed by atoms with Crippen molar-refractivity contribution in [2.75, 3.05) is 5.73 Å². The Labute approximate surface area is 125 Å². The molecular weight excluding hydrogens is 314 g/mol. The smallest absolute Gasteiger partial charge is 0.343 e. The second-order valence-electron chi connectivity index (χ2n) is 4.34. The third-order valence-corrected chi connectivity index (χ3v) is 5.06. The molecule has 0 aliphatic rings. The van der Waals surface area contributed by atoms with E-state index in [-0.39, 0.29) is 16.3 Å². The average molecular weight is 329 g/mol. The standard InChI is InChI=1S/C11H15N5O3S2/c1-3-16-10(17)14-15-11(16)20-8-4-7(12)5-9(6(8)2)21(13,18)19/h4-5H,3,12H2,1-2H3,(H,14,17)(H2,13,18,19). The number of aromatic nitrogens is 3. The molecule has 0 aliphatic carbocycles. The molecule has 0 amide bonds. The normalized spacial score (nSPS) is 11.8. The van der Waals surface area contributed by atoms with Crippen molar-refractivity contribution in [3.63, 3.8) is 0 Å². The van der Waals surface area contributed by atoms with Gasteiger partial charge in [-0.2, -0.15) is 0 Å². The SMILES string of the molecule is CCn1c(Sc2cc(N)cc(S(N)(=O)=O)c2C)n[nH]c1=O. The Kier molecular flexibility index (Phi) is 4.12. The maximum Gasteiger partial charge on any atom is 0.343 e. The first-order valence-corrected chi connectivity index (χ1v) is 8.36. The van der Waals surface area contributed by atoms with Crippen LogP contribution in [0.1, 0.15) is 12.5 Å². The maximum absolute atomic E-state index is 11.6. The van der Waals surface area contributed by atoms with Crippen molar-refractivity contribution in [2.24, 2.45) is 5.14 Å². The molecule has 5 N–H and O–H groups in total. The number of nitrogens with two attached hydrogens (primary N) is 2. The molecule has 0 spiro atoms. The Morgan fingerprint density at radius 2 is 2.10 bits per heavy atom. The van der Waals surface area contributed by atoms with Crippen molar-refractivity contribution in [1.29, 1.82) is 0 Å². The van der Waals surface area contributed by atoms with E-state index >= 15 is 0 Å². The third-order valence-electron chi connectivity index (χ3n) is 2.88. The van der Waals surface area contributed by atoms with Crippen LogP contribution in [0.5, 0.6) is 0 Å². The molecule has 0 fully saturated rings. The van der Waals surface area contributed by atoms with E-state index in [0.29, 0.717) is 22.2 Å². The highest BCUT2D eigenvalue weighted by molar-refractivity contribution is 7.99. The summed E-state index contributed by atoms with van der Waals surface area (Å²) in [6.45, 7) is 3.88. The number of sulfonamides is 1. The van der Waals surface area contributed by atoms with E-state index in [1.165, 1.54) is 10.6 Å². The summed E-state index contributed by atoms with van der Waals surface area (Å²) >= 11 is 1.15. The van der Waals surface area contributed by atoms with Gasteiger partial charge in [0.25, 0.3) is 0 Å². The molecule has 2 aromatic rings. The van der Waals surface area contributed by atoms with Gasteiger partial charge in [-0.05, 0) is 43.3 Å². The fourth-order valence-electron chi connectivity index (χ4n) is 1.84. The molecule has 1 aromatic carbocycles. The highest BCUT2D eigenvalue weighted by atomic mass is 32.2. The molecule has 114 valence electrons. The largest absolute Gasteiger partial charge is 0.399 e. The Hall–Kier alpha value is -1.78. The van der Waals surface area contributed by atoms with Crippen molar-refractivity contribution >= 4 is 27.5 Å². The minimum Gasteiger partial charge on any atom is -0.399 e. The number of rotatable bonds is 4. The van der Waals surface area contributed by atoms with Gasteiger partial charge in [0.05, 0.1) is 4.90 Å². The zero-order valence-corrected chi connectivity index (χ0v) is 13.1. The lowest BCUT2D eigenvalue weighted by Gasteiger charge is -2.11. The van der Waals surface area contributed by atoms with Crippen LogP contribution in [0.15, 0.2) is 31.9 Å². The summed E-state index contributed by atoms with van der Waals surface area (Å²) < 4.78 is 24.6. The Morgan fingerprint density at radius 3 is 2.67 bits per heavy atom. The van der Waals surface area contributed by atoms with Crippen LogP contribution in [-0.4, -0.2) is 23.2 Å². The van der Waals surface area contributed by atoms with Crippen LogP contribution in [0.25, 0.3) is 0 Å². The zero-order valence-electron chi connectivity index (χ0n) is 11.5. The first-order chi connectivity index (χ1) is 9.74. The van der Waals surface area contributed by atoms with Crippen molar-refractivity contribution in [3.05, 3.63) is 28.2 Å². The second kappa shape index (κ2) is 5.54. The van der Waals surface area contributed by atoms with E-state index in [2.05, 4.69) is 10.2 Å². The molecule has 0 radical (unpaired) electrons. The van der Waals surface area contributed by atoms with E-state index in [0.717, 1.165) is 11.8 Å². The van der Waals surface area contributed by atoms with Crippen LogP contribution >= 0.6 is 11.8 Å². The number of hydrogen-bond acceptors (Lipinski definition) is 6. The lowest BCUT2D eigenvalue weighted by atomic mass is 10.2. The molecule has 0 saturated heterocycles. The zero-order chi connectivity index (χ0) is 15.8. The highest BCUT2D eigenvalue weighted by Crippen LogP contribution is 2.33. The summed E-state index contributed by atoms with van der Waals surface area (Å²) in [7, 11) is -3.87. The predicted molar refractivity (Wildman–Crippen MR) is 79.6 cm³/mol. The summed E-state index contributed by atoms with van der Waals surface area (Å²) in [5.41, 5.74) is 6.14. The van der Waals surface area contributed by atoms with Gasteiger partial charge in [0.2, 0.25) is 10.0 Å². The molecule has 0 unspecified atom stereocenters. The van der Waals surface area contributed by atoms with Crippen LogP contribution in [0, 0.1) is 6.92 Å². The van der Waals surface area contributed by atoms with E-state index in [1.807, 2.05) is 6.92 Å². The minimum atomic E-state index is -3.87. The van der Waals surface area contributed by atoms with Gasteiger partial charge in [0.1, 0.15) is 0 Å². The number of benzene rings is 1. The van der Waals surface area contributed by atoms with Crippen molar-refractivity contribution in [3.8, 4) is 0 Å². The fourth-order valence-corrected chi connectivity index (χ4v) is 3.81. The van der Waals surface area contributed by atoms with E-state index in [4.69, 9.17) is 10.9 Å². The van der Waals surface area contributed by atoms with Gasteiger partial charge in [-0.25, -0.2) is 23.4 Å². The first kappa shape index (κ1) is 15.6. The lowest BCUT2D eigenvalue weighted by Crippen LogP contribution is -2.16. The van der Waals surface area contributed by atoms with Crippen LogP contribution < -0.4 is 16.6 Å².